The Morgan fingerprint density at radius 3 is 2.42 bits per heavy atom. The maximum atomic E-state index is 12.3. The van der Waals surface area contributed by atoms with Crippen molar-refractivity contribution >= 4 is 40.0 Å². The first-order valence-corrected chi connectivity index (χ1v) is 9.26. The summed E-state index contributed by atoms with van der Waals surface area (Å²) in [6.45, 7) is 9.46. The van der Waals surface area contributed by atoms with Crippen LogP contribution in [0.15, 0.2) is 28.1 Å². The van der Waals surface area contributed by atoms with Crippen LogP contribution in [0.4, 0.5) is 0 Å². The summed E-state index contributed by atoms with van der Waals surface area (Å²) in [4.78, 5) is 4.43. The van der Waals surface area contributed by atoms with Crippen molar-refractivity contribution in [3.8, 4) is 0 Å². The maximum absolute atomic E-state index is 12.3. The van der Waals surface area contributed by atoms with Gasteiger partial charge in [0.25, 0.3) is 0 Å². The third-order valence-electron chi connectivity index (χ3n) is 3.24. The van der Waals surface area contributed by atoms with Gasteiger partial charge in [0.15, 0.2) is 5.96 Å². The first-order chi connectivity index (χ1) is 10.8. The van der Waals surface area contributed by atoms with E-state index in [0.29, 0.717) is 23.3 Å². The zero-order valence-corrected chi connectivity index (χ0v) is 18.2. The van der Waals surface area contributed by atoms with Crippen LogP contribution in [0.3, 0.4) is 0 Å². The van der Waals surface area contributed by atoms with Gasteiger partial charge in [0.05, 0.1) is 4.90 Å². The highest BCUT2D eigenvalue weighted by atomic mass is 127. The van der Waals surface area contributed by atoms with Crippen LogP contribution in [0.5, 0.6) is 0 Å². The van der Waals surface area contributed by atoms with Crippen LogP contribution in [0.25, 0.3) is 0 Å². The lowest BCUT2D eigenvalue weighted by Gasteiger charge is -2.14. The van der Waals surface area contributed by atoms with E-state index < -0.39 is 10.0 Å². The highest BCUT2D eigenvalue weighted by Crippen LogP contribution is 2.16. The van der Waals surface area contributed by atoms with Crippen LogP contribution in [0.2, 0.25) is 0 Å². The van der Waals surface area contributed by atoms with Gasteiger partial charge in [-0.15, -0.1) is 24.0 Å². The second-order valence-electron chi connectivity index (χ2n) is 5.94. The smallest absolute Gasteiger partial charge is 0.240 e. The minimum absolute atomic E-state index is 0. The summed E-state index contributed by atoms with van der Waals surface area (Å²) in [6.07, 6.45) is 0. The molecular formula is C16H29IN4O2S. The molecule has 1 aromatic carbocycles. The minimum atomic E-state index is -3.49. The summed E-state index contributed by atoms with van der Waals surface area (Å²) in [6, 6.07) is 5.41. The van der Waals surface area contributed by atoms with Crippen LogP contribution < -0.4 is 15.4 Å². The van der Waals surface area contributed by atoms with E-state index in [0.717, 1.165) is 17.7 Å². The maximum Gasteiger partial charge on any atom is 0.240 e. The summed E-state index contributed by atoms with van der Waals surface area (Å²) in [5.41, 5.74) is 1.66. The molecule has 0 bridgehead atoms. The molecular weight excluding hydrogens is 439 g/mol. The van der Waals surface area contributed by atoms with E-state index in [1.54, 1.807) is 20.0 Å². The molecule has 6 nitrogen and oxygen atoms in total. The average molecular weight is 468 g/mol. The monoisotopic (exact) mass is 468 g/mol. The van der Waals surface area contributed by atoms with Crippen molar-refractivity contribution < 1.29 is 8.42 Å². The van der Waals surface area contributed by atoms with E-state index in [2.05, 4.69) is 34.2 Å². The fourth-order valence-corrected chi connectivity index (χ4v) is 3.32. The molecule has 0 aliphatic carbocycles. The zero-order valence-electron chi connectivity index (χ0n) is 15.0. The molecule has 138 valence electrons. The van der Waals surface area contributed by atoms with E-state index in [4.69, 9.17) is 0 Å². The molecule has 1 rings (SSSR count). The third-order valence-corrected chi connectivity index (χ3v) is 4.85. The van der Waals surface area contributed by atoms with Crippen LogP contribution in [0.1, 0.15) is 25.0 Å². The lowest BCUT2D eigenvalue weighted by atomic mass is 10.2. The fraction of sp³-hybridized carbons (Fsp3) is 0.562. The Morgan fingerprint density at radius 2 is 1.83 bits per heavy atom. The van der Waals surface area contributed by atoms with Gasteiger partial charge < -0.3 is 10.6 Å². The summed E-state index contributed by atoms with van der Waals surface area (Å²) in [5.74, 6) is 1.18. The van der Waals surface area contributed by atoms with Crippen LogP contribution in [0, 0.1) is 19.8 Å². The Kier molecular flexibility index (Phi) is 10.5. The Morgan fingerprint density at radius 1 is 1.17 bits per heavy atom. The van der Waals surface area contributed by atoms with Crippen LogP contribution in [-0.2, 0) is 10.0 Å². The lowest BCUT2D eigenvalue weighted by molar-refractivity contribution is 0.579. The van der Waals surface area contributed by atoms with Gasteiger partial charge in [-0.2, -0.15) is 0 Å². The van der Waals surface area contributed by atoms with Gasteiger partial charge in [0.1, 0.15) is 0 Å². The number of rotatable bonds is 7. The molecule has 0 heterocycles. The summed E-state index contributed by atoms with van der Waals surface area (Å²) >= 11 is 0. The molecule has 0 saturated heterocycles. The van der Waals surface area contributed by atoms with Gasteiger partial charge in [-0.3, -0.25) is 4.99 Å². The van der Waals surface area contributed by atoms with Crippen molar-refractivity contribution in [3.05, 3.63) is 29.3 Å². The Bertz CT molecular complexity index is 645. The number of aliphatic imine (C=N–C) groups is 1. The number of aryl methyl sites for hydroxylation is 2. The molecule has 8 heteroatoms. The first-order valence-electron chi connectivity index (χ1n) is 7.77. The van der Waals surface area contributed by atoms with Crippen molar-refractivity contribution in [3.63, 3.8) is 0 Å². The molecule has 0 amide bonds. The Balaban J connectivity index is 0.00000529. The number of halogens is 1. The summed E-state index contributed by atoms with van der Waals surface area (Å²) < 4.78 is 27.3. The molecule has 0 aliphatic rings. The SMILES string of the molecule is CN=C(NCCNS(=O)(=O)c1cc(C)ccc1C)NCC(C)C.I. The normalized spacial score (nSPS) is 12.0. The largest absolute Gasteiger partial charge is 0.356 e. The van der Waals surface area contributed by atoms with Gasteiger partial charge in [-0.1, -0.05) is 26.0 Å². The lowest BCUT2D eigenvalue weighted by Crippen LogP contribution is -2.42. The van der Waals surface area contributed by atoms with Gasteiger partial charge in [-0.25, -0.2) is 13.1 Å². The van der Waals surface area contributed by atoms with E-state index in [1.165, 1.54) is 0 Å². The number of hydrogen-bond donors (Lipinski definition) is 3. The van der Waals surface area contributed by atoms with E-state index in [9.17, 15) is 8.42 Å². The van der Waals surface area contributed by atoms with E-state index in [-0.39, 0.29) is 30.5 Å². The van der Waals surface area contributed by atoms with Crippen LogP contribution in [-0.4, -0.2) is 41.1 Å². The number of nitrogens with one attached hydrogen (secondary N) is 3. The zero-order chi connectivity index (χ0) is 17.5. The van der Waals surface area contributed by atoms with Gasteiger partial charge in [0, 0.05) is 26.7 Å². The standard InChI is InChI=1S/C16H28N4O2S.HI/c1-12(2)11-19-16(17-5)18-8-9-20-23(21,22)15-10-13(3)6-7-14(15)4;/h6-7,10,12,20H,8-9,11H2,1-5H3,(H2,17,18,19);1H. The molecule has 1 aromatic rings. The molecule has 0 atom stereocenters. The van der Waals surface area contributed by atoms with E-state index in [1.807, 2.05) is 19.1 Å². The molecule has 0 aromatic heterocycles. The number of sulfonamides is 1. The Hall–Kier alpha value is -0.870. The van der Waals surface area contributed by atoms with Crippen molar-refractivity contribution in [2.24, 2.45) is 10.9 Å². The number of hydrogen-bond acceptors (Lipinski definition) is 3. The topological polar surface area (TPSA) is 82.6 Å². The second kappa shape index (κ2) is 10.9. The molecule has 0 aliphatic heterocycles. The molecule has 3 N–H and O–H groups in total. The molecule has 0 spiro atoms. The third kappa shape index (κ3) is 7.80. The van der Waals surface area contributed by atoms with Crippen molar-refractivity contribution in [2.45, 2.75) is 32.6 Å². The molecule has 0 radical (unpaired) electrons. The van der Waals surface area contributed by atoms with Crippen molar-refractivity contribution in [1.29, 1.82) is 0 Å². The highest BCUT2D eigenvalue weighted by Gasteiger charge is 2.16. The van der Waals surface area contributed by atoms with Crippen LogP contribution >= 0.6 is 24.0 Å². The predicted octanol–water partition coefficient (Wildman–Crippen LogP) is 2.02. The number of nitrogens with zero attached hydrogens (tertiary/aromatic N) is 1. The van der Waals surface area contributed by atoms with Crippen molar-refractivity contribution in [1.82, 2.24) is 15.4 Å². The molecule has 0 saturated carbocycles. The fourth-order valence-electron chi connectivity index (χ4n) is 1.96. The number of guanidine groups is 1. The highest BCUT2D eigenvalue weighted by molar-refractivity contribution is 14.0. The second-order valence-corrected chi connectivity index (χ2v) is 7.68. The van der Waals surface area contributed by atoms with Gasteiger partial charge in [0.2, 0.25) is 10.0 Å². The predicted molar refractivity (Wildman–Crippen MR) is 111 cm³/mol. The van der Waals surface area contributed by atoms with Crippen molar-refractivity contribution in [2.75, 3.05) is 26.7 Å². The number of benzene rings is 1. The first kappa shape index (κ1) is 23.1. The average Bonchev–Trinajstić information content (AvgIpc) is 2.48. The Labute approximate surface area is 163 Å². The van der Waals surface area contributed by atoms with Gasteiger partial charge >= 0.3 is 0 Å². The quantitative estimate of drug-likeness (QED) is 0.248. The summed E-state index contributed by atoms with van der Waals surface area (Å²) in [5, 5.41) is 6.26. The van der Waals surface area contributed by atoms with E-state index >= 15 is 0 Å². The molecule has 0 fully saturated rings. The summed E-state index contributed by atoms with van der Waals surface area (Å²) in [7, 11) is -1.80. The molecule has 24 heavy (non-hydrogen) atoms. The van der Waals surface area contributed by atoms with Gasteiger partial charge in [-0.05, 0) is 37.0 Å². The molecule has 0 unspecified atom stereocenters. The minimum Gasteiger partial charge on any atom is -0.356 e.